The van der Waals surface area contributed by atoms with Crippen LogP contribution in [-0.4, -0.2) is 30.3 Å². The Kier molecular flexibility index (Phi) is 5.60. The summed E-state index contributed by atoms with van der Waals surface area (Å²) in [6.45, 7) is 5.31. The lowest BCUT2D eigenvalue weighted by Gasteiger charge is -2.06. The standard InChI is InChI=1S/C14H16O5/c1-10(2)13(16)18-7-4-8-19-14(17)11-5-3-6-12(15)9-11/h3,5-6,9,15H,1,4,7-8H2,2H3. The molecule has 0 unspecified atom stereocenters. The topological polar surface area (TPSA) is 72.8 Å². The molecule has 1 N–H and O–H groups in total. The van der Waals surface area contributed by atoms with Gasteiger partial charge in [0.2, 0.25) is 0 Å². The molecule has 19 heavy (non-hydrogen) atoms. The Morgan fingerprint density at radius 1 is 1.26 bits per heavy atom. The van der Waals surface area contributed by atoms with E-state index in [0.717, 1.165) is 0 Å². The van der Waals surface area contributed by atoms with Crippen LogP contribution in [0.3, 0.4) is 0 Å². The Hall–Kier alpha value is -2.30. The first kappa shape index (κ1) is 14.8. The molecule has 0 heterocycles. The third-order valence-electron chi connectivity index (χ3n) is 2.19. The van der Waals surface area contributed by atoms with Gasteiger partial charge in [-0.3, -0.25) is 0 Å². The van der Waals surface area contributed by atoms with Gasteiger partial charge in [-0.25, -0.2) is 9.59 Å². The van der Waals surface area contributed by atoms with Crippen LogP contribution in [0.1, 0.15) is 23.7 Å². The predicted octanol–water partition coefficient (Wildman–Crippen LogP) is 2.06. The van der Waals surface area contributed by atoms with Gasteiger partial charge in [-0.15, -0.1) is 0 Å². The third kappa shape index (κ3) is 5.25. The van der Waals surface area contributed by atoms with Crippen LogP contribution in [0.25, 0.3) is 0 Å². The molecule has 102 valence electrons. The van der Waals surface area contributed by atoms with Crippen LogP contribution in [0.2, 0.25) is 0 Å². The molecule has 1 aromatic rings. The highest BCUT2D eigenvalue weighted by molar-refractivity contribution is 5.89. The number of rotatable bonds is 6. The van der Waals surface area contributed by atoms with Crippen LogP contribution >= 0.6 is 0 Å². The minimum absolute atomic E-state index is 0.00448. The summed E-state index contributed by atoms with van der Waals surface area (Å²) in [6.07, 6.45) is 0.406. The van der Waals surface area contributed by atoms with Crippen LogP contribution in [0.4, 0.5) is 0 Å². The van der Waals surface area contributed by atoms with Gasteiger partial charge in [0.05, 0.1) is 18.8 Å². The first-order chi connectivity index (χ1) is 9.00. The molecule has 0 aliphatic rings. The van der Waals surface area contributed by atoms with Crippen molar-refractivity contribution in [3.05, 3.63) is 42.0 Å². The lowest BCUT2D eigenvalue weighted by Crippen LogP contribution is -2.11. The Morgan fingerprint density at radius 3 is 2.58 bits per heavy atom. The van der Waals surface area contributed by atoms with Crippen molar-refractivity contribution in [2.24, 2.45) is 0 Å². The number of aromatic hydroxyl groups is 1. The summed E-state index contributed by atoms with van der Waals surface area (Å²) in [5.41, 5.74) is 0.607. The molecule has 0 atom stereocenters. The van der Waals surface area contributed by atoms with Crippen molar-refractivity contribution in [2.75, 3.05) is 13.2 Å². The van der Waals surface area contributed by atoms with Gasteiger partial charge in [-0.1, -0.05) is 12.6 Å². The van der Waals surface area contributed by atoms with E-state index in [2.05, 4.69) is 6.58 Å². The number of phenolic OH excluding ortho intramolecular Hbond substituents is 1. The fourth-order valence-electron chi connectivity index (χ4n) is 1.23. The first-order valence-corrected chi connectivity index (χ1v) is 5.79. The summed E-state index contributed by atoms with van der Waals surface area (Å²) in [5, 5.41) is 9.21. The van der Waals surface area contributed by atoms with E-state index in [1.807, 2.05) is 0 Å². The molecule has 0 saturated carbocycles. The molecule has 1 rings (SSSR count). The van der Waals surface area contributed by atoms with E-state index in [1.54, 1.807) is 19.1 Å². The van der Waals surface area contributed by atoms with Gasteiger partial charge in [0, 0.05) is 12.0 Å². The number of ether oxygens (including phenoxy) is 2. The van der Waals surface area contributed by atoms with E-state index in [4.69, 9.17) is 9.47 Å². The fourth-order valence-corrected chi connectivity index (χ4v) is 1.23. The molecule has 5 nitrogen and oxygen atoms in total. The van der Waals surface area contributed by atoms with Crippen molar-refractivity contribution in [3.63, 3.8) is 0 Å². The molecular weight excluding hydrogens is 248 g/mol. The summed E-state index contributed by atoms with van der Waals surface area (Å²) in [7, 11) is 0. The number of carbonyl (C=O) groups is 2. The zero-order valence-electron chi connectivity index (χ0n) is 10.7. The number of phenols is 1. The Balaban J connectivity index is 2.25. The zero-order valence-corrected chi connectivity index (χ0v) is 10.7. The molecule has 0 spiro atoms. The molecule has 0 aliphatic heterocycles. The van der Waals surface area contributed by atoms with Gasteiger partial charge >= 0.3 is 11.9 Å². The fraction of sp³-hybridized carbons (Fsp3) is 0.286. The second-order valence-electron chi connectivity index (χ2n) is 3.96. The summed E-state index contributed by atoms with van der Waals surface area (Å²) < 4.78 is 9.80. The van der Waals surface area contributed by atoms with E-state index in [-0.39, 0.29) is 24.5 Å². The minimum Gasteiger partial charge on any atom is -0.508 e. The lowest BCUT2D eigenvalue weighted by atomic mass is 10.2. The van der Waals surface area contributed by atoms with Gasteiger partial charge in [0.25, 0.3) is 0 Å². The molecule has 0 amide bonds. The summed E-state index contributed by atoms with van der Waals surface area (Å²) >= 11 is 0. The molecule has 1 aromatic carbocycles. The maximum atomic E-state index is 11.5. The normalized spacial score (nSPS) is 9.74. The number of hydrogen-bond acceptors (Lipinski definition) is 5. The smallest absolute Gasteiger partial charge is 0.338 e. The van der Waals surface area contributed by atoms with Crippen molar-refractivity contribution >= 4 is 11.9 Å². The van der Waals surface area contributed by atoms with Crippen LogP contribution < -0.4 is 0 Å². The van der Waals surface area contributed by atoms with Gasteiger partial charge < -0.3 is 14.6 Å². The number of carbonyl (C=O) groups excluding carboxylic acids is 2. The maximum Gasteiger partial charge on any atom is 0.338 e. The highest BCUT2D eigenvalue weighted by Gasteiger charge is 2.08. The summed E-state index contributed by atoms with van der Waals surface area (Å²) in [6, 6.07) is 5.89. The molecule has 0 aliphatic carbocycles. The van der Waals surface area contributed by atoms with Gasteiger partial charge in [-0.05, 0) is 25.1 Å². The van der Waals surface area contributed by atoms with E-state index in [9.17, 15) is 14.7 Å². The quantitative estimate of drug-likeness (QED) is 0.483. The van der Waals surface area contributed by atoms with Crippen LogP contribution in [-0.2, 0) is 14.3 Å². The second kappa shape index (κ2) is 7.20. The molecule has 0 radical (unpaired) electrons. The Bertz CT molecular complexity index is 478. The second-order valence-corrected chi connectivity index (χ2v) is 3.96. The third-order valence-corrected chi connectivity index (χ3v) is 2.19. The highest BCUT2D eigenvalue weighted by Crippen LogP contribution is 2.11. The first-order valence-electron chi connectivity index (χ1n) is 5.79. The largest absolute Gasteiger partial charge is 0.508 e. The average molecular weight is 264 g/mol. The Labute approximate surface area is 111 Å². The van der Waals surface area contributed by atoms with Crippen molar-refractivity contribution in [3.8, 4) is 5.75 Å². The summed E-state index contributed by atoms with van der Waals surface area (Å²) in [5.74, 6) is -0.980. The van der Waals surface area contributed by atoms with Gasteiger partial charge in [0.1, 0.15) is 5.75 Å². The number of hydrogen-bond donors (Lipinski definition) is 1. The van der Waals surface area contributed by atoms with E-state index >= 15 is 0 Å². The molecule has 5 heteroatoms. The number of benzene rings is 1. The van der Waals surface area contributed by atoms with Crippen molar-refractivity contribution in [1.82, 2.24) is 0 Å². The van der Waals surface area contributed by atoms with Gasteiger partial charge in [-0.2, -0.15) is 0 Å². The minimum atomic E-state index is -0.526. The summed E-state index contributed by atoms with van der Waals surface area (Å²) in [4.78, 5) is 22.6. The number of esters is 2. The zero-order chi connectivity index (χ0) is 14.3. The van der Waals surface area contributed by atoms with Crippen LogP contribution in [0.15, 0.2) is 36.4 Å². The molecule has 0 bridgehead atoms. The molecule has 0 fully saturated rings. The van der Waals surface area contributed by atoms with E-state index in [0.29, 0.717) is 12.0 Å². The van der Waals surface area contributed by atoms with Crippen molar-refractivity contribution in [2.45, 2.75) is 13.3 Å². The van der Waals surface area contributed by atoms with Crippen molar-refractivity contribution < 1.29 is 24.2 Å². The van der Waals surface area contributed by atoms with Gasteiger partial charge in [0.15, 0.2) is 0 Å². The predicted molar refractivity (Wildman–Crippen MR) is 68.8 cm³/mol. The molecule has 0 saturated heterocycles. The van der Waals surface area contributed by atoms with E-state index in [1.165, 1.54) is 12.1 Å². The Morgan fingerprint density at radius 2 is 1.95 bits per heavy atom. The van der Waals surface area contributed by atoms with Crippen molar-refractivity contribution in [1.29, 1.82) is 0 Å². The van der Waals surface area contributed by atoms with Crippen LogP contribution in [0, 0.1) is 0 Å². The van der Waals surface area contributed by atoms with E-state index < -0.39 is 11.9 Å². The lowest BCUT2D eigenvalue weighted by molar-refractivity contribution is -0.139. The van der Waals surface area contributed by atoms with Crippen LogP contribution in [0.5, 0.6) is 5.75 Å². The SMILES string of the molecule is C=C(C)C(=O)OCCCOC(=O)c1cccc(O)c1. The monoisotopic (exact) mass is 264 g/mol. The molecule has 0 aromatic heterocycles. The maximum absolute atomic E-state index is 11.5. The average Bonchev–Trinajstić information content (AvgIpc) is 2.37. The highest BCUT2D eigenvalue weighted by atomic mass is 16.5. The molecular formula is C14H16O5.